The number of nitro groups is 1. The molecule has 0 N–H and O–H groups in total. The average molecular weight is 379 g/mol. The number of allylic oxidation sites excluding steroid dienone is 1. The number of non-ortho nitro benzene ring substituents is 1. The molecule has 0 atom stereocenters. The zero-order valence-corrected chi connectivity index (χ0v) is 16.7. The van der Waals surface area contributed by atoms with E-state index in [1.165, 1.54) is 6.07 Å². The maximum absolute atomic E-state index is 11.4. The highest BCUT2D eigenvalue weighted by Crippen LogP contribution is 2.41. The lowest BCUT2D eigenvalue weighted by Crippen LogP contribution is -2.29. The Hall–Kier alpha value is -2.99. The van der Waals surface area contributed by atoms with Crippen molar-refractivity contribution in [2.45, 2.75) is 19.3 Å². The third-order valence-electron chi connectivity index (χ3n) is 5.25. The first-order valence-electron chi connectivity index (χ1n) is 9.23. The van der Waals surface area contributed by atoms with Crippen molar-refractivity contribution in [2.24, 2.45) is 0 Å². The van der Waals surface area contributed by atoms with E-state index in [0.29, 0.717) is 0 Å². The highest BCUT2D eigenvalue weighted by atomic mass is 16.6. The second kappa shape index (κ2) is 7.56. The topological polar surface area (TPSA) is 72.5 Å². The third kappa shape index (κ3) is 3.55. The van der Waals surface area contributed by atoms with Crippen LogP contribution in [0.25, 0.3) is 6.08 Å². The molecule has 6 nitrogen and oxygen atoms in total. The van der Waals surface area contributed by atoms with E-state index >= 15 is 0 Å². The number of anilines is 1. The normalized spacial score (nSPS) is 15.2. The van der Waals surface area contributed by atoms with Crippen LogP contribution in [0.1, 0.15) is 25.0 Å². The summed E-state index contributed by atoms with van der Waals surface area (Å²) < 4.78 is 1.92. The summed E-state index contributed by atoms with van der Waals surface area (Å²) in [5.74, 6) is 0. The van der Waals surface area contributed by atoms with Gasteiger partial charge in [0, 0.05) is 37.5 Å². The predicted molar refractivity (Wildman–Crippen MR) is 111 cm³/mol. The molecule has 0 saturated carbocycles. The minimum atomic E-state index is -0.400. The van der Waals surface area contributed by atoms with E-state index in [2.05, 4.69) is 26.0 Å². The fraction of sp³-hybridized carbons (Fsp3) is 0.318. The minimum absolute atomic E-state index is 0.0370. The van der Waals surface area contributed by atoms with Crippen LogP contribution in [0, 0.1) is 10.1 Å². The Morgan fingerprint density at radius 2 is 1.79 bits per heavy atom. The Labute approximate surface area is 165 Å². The number of hydrogen-bond acceptors (Lipinski definition) is 4. The quantitative estimate of drug-likeness (QED) is 0.439. The van der Waals surface area contributed by atoms with Crippen LogP contribution in [0.4, 0.5) is 17.1 Å². The molecule has 0 saturated heterocycles. The minimum Gasteiger partial charge on any atom is -0.850 e. The molecule has 3 rings (SSSR count). The van der Waals surface area contributed by atoms with Gasteiger partial charge in [0.2, 0.25) is 5.69 Å². The van der Waals surface area contributed by atoms with E-state index < -0.39 is 4.92 Å². The third-order valence-corrected chi connectivity index (χ3v) is 5.25. The summed E-state index contributed by atoms with van der Waals surface area (Å²) in [4.78, 5) is 12.8. The number of fused-ring (bicyclic) bond motifs is 1. The molecule has 1 aliphatic rings. The monoisotopic (exact) mass is 379 g/mol. The van der Waals surface area contributed by atoms with Gasteiger partial charge in [-0.2, -0.15) is 4.58 Å². The number of nitrogens with zero attached hydrogens (tertiary/aromatic N) is 3. The molecule has 146 valence electrons. The van der Waals surface area contributed by atoms with Gasteiger partial charge in [-0.3, -0.25) is 10.1 Å². The van der Waals surface area contributed by atoms with Crippen molar-refractivity contribution in [1.82, 2.24) is 0 Å². The summed E-state index contributed by atoms with van der Waals surface area (Å²) in [6, 6.07) is 13.1. The molecule has 0 fully saturated rings. The zero-order valence-electron chi connectivity index (χ0n) is 16.7. The molecule has 0 radical (unpaired) electrons. The highest BCUT2D eigenvalue weighted by Gasteiger charge is 2.44. The van der Waals surface area contributed by atoms with Crippen molar-refractivity contribution in [3.8, 4) is 0 Å². The molecule has 0 amide bonds. The molecule has 1 heterocycles. The van der Waals surface area contributed by atoms with Crippen molar-refractivity contribution in [1.29, 1.82) is 0 Å². The number of nitro benzene ring substituents is 1. The molecule has 0 unspecified atom stereocenters. The Morgan fingerprint density at radius 1 is 1.11 bits per heavy atom. The standard InChI is InChI=1S/C22H25N3O3/c1-22(2)19-11-10-18(25(27)28)15-20(19)24(13-14-26)21(22)12-7-16-5-8-17(9-6-16)23(3)4/h5-12,15H,13-14H2,1-4H3. The summed E-state index contributed by atoms with van der Waals surface area (Å²) in [6.45, 7) is 4.15. The number of benzene rings is 2. The number of rotatable bonds is 6. The smallest absolute Gasteiger partial charge is 0.276 e. The SMILES string of the molecule is CN(C)c1ccc(/C=C/C2=[N+](CC[O-])c3cc([N+](=O)[O-])ccc3C2(C)C)cc1. The molecular weight excluding hydrogens is 354 g/mol. The van der Waals surface area contributed by atoms with Crippen LogP contribution in [0.2, 0.25) is 0 Å². The van der Waals surface area contributed by atoms with Crippen molar-refractivity contribution < 1.29 is 14.6 Å². The second-order valence-electron chi connectivity index (χ2n) is 7.64. The highest BCUT2D eigenvalue weighted by molar-refractivity contribution is 6.05. The maximum Gasteiger partial charge on any atom is 0.276 e. The molecule has 2 aromatic rings. The van der Waals surface area contributed by atoms with Gasteiger partial charge in [-0.05, 0) is 43.7 Å². The van der Waals surface area contributed by atoms with Gasteiger partial charge in [0.05, 0.1) is 16.4 Å². The van der Waals surface area contributed by atoms with Crippen molar-refractivity contribution in [3.05, 3.63) is 69.8 Å². The average Bonchev–Trinajstić information content (AvgIpc) is 2.87. The number of hydrogen-bond donors (Lipinski definition) is 0. The first-order chi connectivity index (χ1) is 13.3. The molecule has 2 aromatic carbocycles. The van der Waals surface area contributed by atoms with Crippen molar-refractivity contribution >= 4 is 28.8 Å². The van der Waals surface area contributed by atoms with Crippen LogP contribution >= 0.6 is 0 Å². The molecule has 0 bridgehead atoms. The van der Waals surface area contributed by atoms with Gasteiger partial charge in [-0.1, -0.05) is 18.7 Å². The zero-order chi connectivity index (χ0) is 20.5. The van der Waals surface area contributed by atoms with Crippen LogP contribution in [0.15, 0.2) is 48.5 Å². The Bertz CT molecular complexity index is 957. The largest absolute Gasteiger partial charge is 0.850 e. The Balaban J connectivity index is 2.04. The molecular formula is C22H25N3O3. The van der Waals surface area contributed by atoms with Crippen molar-refractivity contribution in [3.63, 3.8) is 0 Å². The lowest BCUT2D eigenvalue weighted by molar-refractivity contribution is -0.491. The van der Waals surface area contributed by atoms with Gasteiger partial charge in [-0.15, -0.1) is 0 Å². The van der Waals surface area contributed by atoms with E-state index in [1.807, 2.05) is 47.9 Å². The van der Waals surface area contributed by atoms with E-state index in [-0.39, 0.29) is 24.3 Å². The van der Waals surface area contributed by atoms with Gasteiger partial charge < -0.3 is 10.0 Å². The van der Waals surface area contributed by atoms with Gasteiger partial charge in [0.15, 0.2) is 5.71 Å². The molecule has 0 aliphatic carbocycles. The fourth-order valence-electron chi connectivity index (χ4n) is 3.68. The first kappa shape index (κ1) is 19.8. The lowest BCUT2D eigenvalue weighted by Gasteiger charge is -2.15. The molecule has 0 spiro atoms. The van der Waals surface area contributed by atoms with Gasteiger partial charge in [0.1, 0.15) is 6.54 Å². The van der Waals surface area contributed by atoms with Crippen LogP contribution in [0.3, 0.4) is 0 Å². The summed E-state index contributed by atoms with van der Waals surface area (Å²) in [5.41, 5.74) is 4.58. The van der Waals surface area contributed by atoms with Crippen LogP contribution in [-0.2, 0) is 5.41 Å². The van der Waals surface area contributed by atoms with Crippen molar-refractivity contribution in [2.75, 3.05) is 32.1 Å². The maximum atomic E-state index is 11.4. The van der Waals surface area contributed by atoms with E-state index in [1.54, 1.807) is 12.1 Å². The van der Waals surface area contributed by atoms with Gasteiger partial charge >= 0.3 is 0 Å². The summed E-state index contributed by atoms with van der Waals surface area (Å²) >= 11 is 0. The first-order valence-corrected chi connectivity index (χ1v) is 9.23. The lowest BCUT2D eigenvalue weighted by atomic mass is 9.81. The van der Waals surface area contributed by atoms with Gasteiger partial charge in [-0.25, -0.2) is 0 Å². The van der Waals surface area contributed by atoms with Crippen LogP contribution in [-0.4, -0.2) is 42.5 Å². The Kier molecular flexibility index (Phi) is 5.34. The summed E-state index contributed by atoms with van der Waals surface area (Å²) in [5, 5.41) is 22.6. The van der Waals surface area contributed by atoms with E-state index in [0.717, 1.165) is 28.2 Å². The molecule has 0 aromatic heterocycles. The summed E-state index contributed by atoms with van der Waals surface area (Å²) in [6.07, 6.45) is 4.04. The molecule has 1 aliphatic heterocycles. The van der Waals surface area contributed by atoms with E-state index in [4.69, 9.17) is 0 Å². The Morgan fingerprint density at radius 3 is 2.36 bits per heavy atom. The fourth-order valence-corrected chi connectivity index (χ4v) is 3.68. The van der Waals surface area contributed by atoms with Crippen LogP contribution < -0.4 is 10.0 Å². The second-order valence-corrected chi connectivity index (χ2v) is 7.64. The predicted octanol–water partition coefficient (Wildman–Crippen LogP) is 3.11. The van der Waals surface area contributed by atoms with Crippen LogP contribution in [0.5, 0.6) is 0 Å². The molecule has 28 heavy (non-hydrogen) atoms. The van der Waals surface area contributed by atoms with Gasteiger partial charge in [0.25, 0.3) is 5.69 Å². The van der Waals surface area contributed by atoms with E-state index in [9.17, 15) is 15.2 Å². The summed E-state index contributed by atoms with van der Waals surface area (Å²) in [7, 11) is 4.00. The molecule has 6 heteroatoms.